The van der Waals surface area contributed by atoms with Crippen LogP contribution in [0, 0.1) is 0 Å². The molecule has 0 saturated carbocycles. The predicted octanol–water partition coefficient (Wildman–Crippen LogP) is -0.112. The minimum absolute atomic E-state index is 0.0168. The molecule has 0 bridgehead atoms. The second-order valence-electron chi connectivity index (χ2n) is 4.96. The van der Waals surface area contributed by atoms with Crippen LogP contribution < -0.4 is 11.5 Å². The number of imidazole rings is 1. The molecule has 1 aliphatic heterocycles. The van der Waals surface area contributed by atoms with Crippen molar-refractivity contribution in [1.82, 2.24) is 19.5 Å². The molecule has 2 aromatic heterocycles. The van der Waals surface area contributed by atoms with E-state index in [0.29, 0.717) is 11.2 Å². The van der Waals surface area contributed by atoms with Crippen molar-refractivity contribution in [2.45, 2.75) is 24.6 Å². The first kappa shape index (κ1) is 14.9. The molecule has 2 aromatic rings. The van der Waals surface area contributed by atoms with Crippen molar-refractivity contribution in [3.8, 4) is 0 Å². The summed E-state index contributed by atoms with van der Waals surface area (Å²) >= 11 is 0. The monoisotopic (exact) mass is 312 g/mol. The van der Waals surface area contributed by atoms with E-state index in [0.717, 1.165) is 0 Å². The minimum Gasteiger partial charge on any atom is -0.382 e. The third-order valence-corrected chi connectivity index (χ3v) is 3.61. The number of alkyl halides is 1. The summed E-state index contributed by atoms with van der Waals surface area (Å²) < 4.78 is 32.0. The highest BCUT2D eigenvalue weighted by Crippen LogP contribution is 2.35. The van der Waals surface area contributed by atoms with Crippen molar-refractivity contribution in [1.29, 1.82) is 0 Å². The first-order chi connectivity index (χ1) is 10.6. The summed E-state index contributed by atoms with van der Waals surface area (Å²) in [6.07, 6.45) is -2.26. The fourth-order valence-corrected chi connectivity index (χ4v) is 2.64. The maximum absolute atomic E-state index is 14.7. The largest absolute Gasteiger partial charge is 0.382 e. The molecule has 1 unspecified atom stereocenters. The molecule has 4 atom stereocenters. The summed E-state index contributed by atoms with van der Waals surface area (Å²) in [5, 5.41) is 0. The second-order valence-corrected chi connectivity index (χ2v) is 4.96. The van der Waals surface area contributed by atoms with E-state index in [-0.39, 0.29) is 18.4 Å². The molecular weight excluding hydrogens is 295 g/mol. The van der Waals surface area contributed by atoms with E-state index >= 15 is 0 Å². The maximum Gasteiger partial charge on any atom is 0.224 e. The van der Waals surface area contributed by atoms with E-state index in [1.807, 2.05) is 0 Å². The number of halogens is 1. The molecule has 1 aliphatic rings. The van der Waals surface area contributed by atoms with Gasteiger partial charge in [-0.2, -0.15) is 9.97 Å². The van der Waals surface area contributed by atoms with Gasteiger partial charge in [0, 0.05) is 14.2 Å². The Labute approximate surface area is 125 Å². The Morgan fingerprint density at radius 3 is 2.82 bits per heavy atom. The standard InChI is InChI=1S/C12H17FN6O3/c1-20-3-5-8(21-2)6(13)11(22-5)19-4-16-7-9(14)17-12(15)18-10(7)19/h4-6,8,11H,3H2,1-2H3,(H4,14,15,17,18)/t5-,6?,8+,11-/m1/s1. The molecule has 3 rings (SSSR count). The molecule has 0 amide bonds. The Morgan fingerprint density at radius 1 is 1.36 bits per heavy atom. The van der Waals surface area contributed by atoms with Crippen molar-refractivity contribution < 1.29 is 18.6 Å². The fraction of sp³-hybridized carbons (Fsp3) is 0.583. The van der Waals surface area contributed by atoms with Gasteiger partial charge in [-0.25, -0.2) is 9.37 Å². The third kappa shape index (κ3) is 2.25. The number of aromatic nitrogens is 4. The molecule has 9 nitrogen and oxygen atoms in total. The molecule has 0 aliphatic carbocycles. The lowest BCUT2D eigenvalue weighted by Gasteiger charge is -2.16. The molecule has 3 heterocycles. The van der Waals surface area contributed by atoms with Crippen LogP contribution in [0.3, 0.4) is 0 Å². The zero-order valence-corrected chi connectivity index (χ0v) is 12.1. The van der Waals surface area contributed by atoms with Gasteiger partial charge in [-0.05, 0) is 0 Å². The minimum atomic E-state index is -1.42. The van der Waals surface area contributed by atoms with Gasteiger partial charge < -0.3 is 25.7 Å². The molecule has 0 spiro atoms. The van der Waals surface area contributed by atoms with Gasteiger partial charge in [0.05, 0.1) is 12.9 Å². The van der Waals surface area contributed by atoms with E-state index in [4.69, 9.17) is 25.7 Å². The van der Waals surface area contributed by atoms with Crippen LogP contribution in [0.25, 0.3) is 11.2 Å². The first-order valence-electron chi connectivity index (χ1n) is 6.63. The smallest absolute Gasteiger partial charge is 0.224 e. The van der Waals surface area contributed by atoms with Crippen LogP contribution >= 0.6 is 0 Å². The van der Waals surface area contributed by atoms with Crippen LogP contribution in [0.5, 0.6) is 0 Å². The molecule has 120 valence electrons. The lowest BCUT2D eigenvalue weighted by Crippen LogP contribution is -2.33. The lowest BCUT2D eigenvalue weighted by atomic mass is 10.1. The number of nitrogen functional groups attached to an aromatic ring is 2. The highest BCUT2D eigenvalue weighted by atomic mass is 19.1. The zero-order chi connectivity index (χ0) is 15.9. The molecule has 1 saturated heterocycles. The van der Waals surface area contributed by atoms with E-state index in [1.165, 1.54) is 25.1 Å². The van der Waals surface area contributed by atoms with Gasteiger partial charge in [0.2, 0.25) is 5.95 Å². The van der Waals surface area contributed by atoms with E-state index in [1.54, 1.807) is 0 Å². The molecule has 0 aromatic carbocycles. The average molecular weight is 312 g/mol. The number of fused-ring (bicyclic) bond motifs is 1. The normalized spacial score (nSPS) is 28.5. The number of nitrogens with zero attached hydrogens (tertiary/aromatic N) is 4. The Balaban J connectivity index is 2.01. The van der Waals surface area contributed by atoms with Crippen molar-refractivity contribution >= 4 is 22.9 Å². The predicted molar refractivity (Wildman–Crippen MR) is 75.6 cm³/mol. The quantitative estimate of drug-likeness (QED) is 0.801. The van der Waals surface area contributed by atoms with Crippen LogP contribution in [-0.2, 0) is 14.2 Å². The topological polar surface area (TPSA) is 123 Å². The third-order valence-electron chi connectivity index (χ3n) is 3.61. The maximum atomic E-state index is 14.7. The van der Waals surface area contributed by atoms with Gasteiger partial charge in [-0.3, -0.25) is 4.57 Å². The fourth-order valence-electron chi connectivity index (χ4n) is 2.64. The van der Waals surface area contributed by atoms with Gasteiger partial charge in [-0.15, -0.1) is 0 Å². The molecular formula is C12H17FN6O3. The van der Waals surface area contributed by atoms with E-state index in [9.17, 15) is 4.39 Å². The number of nitrogens with two attached hydrogens (primary N) is 2. The number of rotatable bonds is 4. The van der Waals surface area contributed by atoms with Gasteiger partial charge in [-0.1, -0.05) is 0 Å². The lowest BCUT2D eigenvalue weighted by molar-refractivity contribution is -0.0602. The summed E-state index contributed by atoms with van der Waals surface area (Å²) in [5.41, 5.74) is 12.0. The second kappa shape index (κ2) is 5.63. The van der Waals surface area contributed by atoms with Crippen LogP contribution in [0.15, 0.2) is 6.33 Å². The van der Waals surface area contributed by atoms with Crippen molar-refractivity contribution in [3.05, 3.63) is 6.33 Å². The zero-order valence-electron chi connectivity index (χ0n) is 12.1. The molecule has 22 heavy (non-hydrogen) atoms. The Morgan fingerprint density at radius 2 is 2.14 bits per heavy atom. The van der Waals surface area contributed by atoms with Crippen LogP contribution in [-0.4, -0.2) is 58.7 Å². The average Bonchev–Trinajstić information content (AvgIpc) is 3.01. The highest BCUT2D eigenvalue weighted by Gasteiger charge is 2.47. The van der Waals surface area contributed by atoms with Crippen molar-refractivity contribution in [3.63, 3.8) is 0 Å². The van der Waals surface area contributed by atoms with E-state index < -0.39 is 24.6 Å². The summed E-state index contributed by atoms with van der Waals surface area (Å²) in [5.74, 6) is 0.114. The molecule has 0 radical (unpaired) electrons. The molecule has 1 fully saturated rings. The number of methoxy groups -OCH3 is 2. The first-order valence-corrected chi connectivity index (χ1v) is 6.63. The Kier molecular flexibility index (Phi) is 3.81. The van der Waals surface area contributed by atoms with Crippen molar-refractivity contribution in [2.24, 2.45) is 0 Å². The summed E-state index contributed by atoms with van der Waals surface area (Å²) in [6, 6.07) is 0. The number of hydrogen-bond donors (Lipinski definition) is 2. The number of hydrogen-bond acceptors (Lipinski definition) is 8. The highest BCUT2D eigenvalue weighted by molar-refractivity contribution is 5.82. The van der Waals surface area contributed by atoms with E-state index in [2.05, 4.69) is 15.0 Å². The van der Waals surface area contributed by atoms with Crippen LogP contribution in [0.2, 0.25) is 0 Å². The van der Waals surface area contributed by atoms with Crippen LogP contribution in [0.1, 0.15) is 6.23 Å². The van der Waals surface area contributed by atoms with Gasteiger partial charge >= 0.3 is 0 Å². The molecule has 4 N–H and O–H groups in total. The van der Waals surface area contributed by atoms with Crippen molar-refractivity contribution in [2.75, 3.05) is 32.3 Å². The Hall–Kier alpha value is -2.04. The summed E-state index contributed by atoms with van der Waals surface area (Å²) in [4.78, 5) is 12.0. The van der Waals surface area contributed by atoms with Gasteiger partial charge in [0.1, 0.15) is 17.7 Å². The molecule has 10 heteroatoms. The summed E-state index contributed by atoms with van der Waals surface area (Å²) in [7, 11) is 2.94. The summed E-state index contributed by atoms with van der Waals surface area (Å²) in [6.45, 7) is 0.210. The van der Waals surface area contributed by atoms with Gasteiger partial charge in [0.15, 0.2) is 23.9 Å². The SMILES string of the molecule is COC[C@H]1O[C@@H](n2cnc3c(N)nc(N)nc32)C(F)[C@H]1OC. The van der Waals surface area contributed by atoms with Gasteiger partial charge in [0.25, 0.3) is 0 Å². The van der Waals surface area contributed by atoms with Crippen LogP contribution in [0.4, 0.5) is 16.2 Å². The Bertz CT molecular complexity index is 680. The number of ether oxygens (including phenoxy) is 3. The number of anilines is 2.